The van der Waals surface area contributed by atoms with Gasteiger partial charge in [0.1, 0.15) is 21.8 Å². The van der Waals surface area contributed by atoms with Crippen molar-refractivity contribution < 1.29 is 19.0 Å². The van der Waals surface area contributed by atoms with Gasteiger partial charge in [-0.2, -0.15) is 0 Å². The Bertz CT molecular complexity index is 1630. The molecule has 0 aliphatic heterocycles. The highest BCUT2D eigenvalue weighted by atomic mass is 32.2. The van der Waals surface area contributed by atoms with E-state index in [0.29, 0.717) is 16.0 Å². The van der Waals surface area contributed by atoms with Crippen LogP contribution in [0.2, 0.25) is 0 Å². The highest BCUT2D eigenvalue weighted by Crippen LogP contribution is 2.37. The molecule has 0 unspecified atom stereocenters. The molecule has 0 atom stereocenters. The van der Waals surface area contributed by atoms with Gasteiger partial charge >= 0.3 is 5.63 Å². The summed E-state index contributed by atoms with van der Waals surface area (Å²) in [7, 11) is 0. The quantitative estimate of drug-likeness (QED) is 0.372. The minimum atomic E-state index is -0.797. The lowest BCUT2D eigenvalue weighted by Crippen LogP contribution is -2.22. The third-order valence-electron chi connectivity index (χ3n) is 5.25. The number of aromatic hydroxyl groups is 2. The first kappa shape index (κ1) is 20.8. The molecule has 0 bridgehead atoms. The van der Waals surface area contributed by atoms with Crippen LogP contribution in [0.1, 0.15) is 5.56 Å². The largest absolute Gasteiger partial charge is 0.508 e. The average Bonchev–Trinajstić information content (AvgIpc) is 2.81. The van der Waals surface area contributed by atoms with Gasteiger partial charge in [-0.3, -0.25) is 4.79 Å². The predicted molar refractivity (Wildman–Crippen MR) is 124 cm³/mol. The fraction of sp³-hybridized carbons (Fsp3) is 0.0400. The van der Waals surface area contributed by atoms with E-state index in [2.05, 4.69) is 0 Å². The SMILES string of the molecule is O=c1oc2c(c(O)c1Sc1ccccc1)c(=O)n(Cc1ccc(F)cc1)c1ccc(O)cc21. The molecule has 3 aromatic carbocycles. The number of halogens is 1. The predicted octanol–water partition coefficient (Wildman–Crippen LogP) is 4.86. The maximum Gasteiger partial charge on any atom is 0.354 e. The lowest BCUT2D eigenvalue weighted by molar-refractivity contribution is 0.446. The van der Waals surface area contributed by atoms with E-state index in [4.69, 9.17) is 4.42 Å². The molecule has 2 heterocycles. The summed E-state index contributed by atoms with van der Waals surface area (Å²) in [5, 5.41) is 21.2. The van der Waals surface area contributed by atoms with E-state index in [1.165, 1.54) is 34.9 Å². The van der Waals surface area contributed by atoms with Gasteiger partial charge in [0, 0.05) is 10.3 Å². The van der Waals surface area contributed by atoms with Crippen molar-refractivity contribution in [3.8, 4) is 11.5 Å². The highest BCUT2D eigenvalue weighted by molar-refractivity contribution is 7.99. The molecule has 5 aromatic rings. The average molecular weight is 461 g/mol. The molecule has 33 heavy (non-hydrogen) atoms. The molecular formula is C25H16FNO5S. The number of nitrogens with zero attached hydrogens (tertiary/aromatic N) is 1. The summed E-state index contributed by atoms with van der Waals surface area (Å²) < 4.78 is 20.2. The van der Waals surface area contributed by atoms with Crippen molar-refractivity contribution in [3.63, 3.8) is 0 Å². The van der Waals surface area contributed by atoms with E-state index in [-0.39, 0.29) is 33.5 Å². The Labute approximate surface area is 190 Å². The van der Waals surface area contributed by atoms with E-state index in [9.17, 15) is 24.2 Å². The lowest BCUT2D eigenvalue weighted by Gasteiger charge is -2.14. The van der Waals surface area contributed by atoms with Crippen LogP contribution in [0.15, 0.2) is 96.6 Å². The zero-order chi connectivity index (χ0) is 23.1. The summed E-state index contributed by atoms with van der Waals surface area (Å²) >= 11 is 0.989. The van der Waals surface area contributed by atoms with E-state index in [0.717, 1.165) is 11.8 Å². The number of hydrogen-bond acceptors (Lipinski definition) is 6. The molecule has 0 aliphatic rings. The third kappa shape index (κ3) is 3.74. The maximum absolute atomic E-state index is 13.5. The van der Waals surface area contributed by atoms with Gasteiger partial charge in [-0.05, 0) is 48.0 Å². The molecule has 0 spiro atoms. The normalized spacial score (nSPS) is 11.3. The van der Waals surface area contributed by atoms with E-state index < -0.39 is 22.8 Å². The Morgan fingerprint density at radius 1 is 0.939 bits per heavy atom. The van der Waals surface area contributed by atoms with Crippen LogP contribution < -0.4 is 11.2 Å². The number of pyridine rings is 1. The molecule has 8 heteroatoms. The van der Waals surface area contributed by atoms with Crippen LogP contribution in [0.5, 0.6) is 11.5 Å². The summed E-state index contributed by atoms with van der Waals surface area (Å²) in [4.78, 5) is 26.9. The van der Waals surface area contributed by atoms with Crippen LogP contribution in [-0.2, 0) is 6.54 Å². The van der Waals surface area contributed by atoms with Crippen molar-refractivity contribution in [2.75, 3.05) is 0 Å². The van der Waals surface area contributed by atoms with Gasteiger partial charge in [-0.25, -0.2) is 9.18 Å². The van der Waals surface area contributed by atoms with Crippen molar-refractivity contribution in [2.45, 2.75) is 16.3 Å². The number of phenols is 1. The third-order valence-corrected chi connectivity index (χ3v) is 6.32. The van der Waals surface area contributed by atoms with Gasteiger partial charge < -0.3 is 19.2 Å². The standard InChI is InChI=1S/C25H16FNO5S/c26-15-8-6-14(7-9-15)13-27-19-11-10-16(28)12-18(19)22-20(24(27)30)21(29)23(25(31)32-22)33-17-4-2-1-3-5-17/h1-12,28-29H,13H2. The van der Waals surface area contributed by atoms with Crippen LogP contribution in [0, 0.1) is 5.82 Å². The lowest BCUT2D eigenvalue weighted by atomic mass is 10.1. The van der Waals surface area contributed by atoms with Crippen molar-refractivity contribution in [3.05, 3.63) is 105 Å². The smallest absolute Gasteiger partial charge is 0.354 e. The molecular weight excluding hydrogens is 445 g/mol. The zero-order valence-electron chi connectivity index (χ0n) is 17.0. The maximum atomic E-state index is 13.5. The summed E-state index contributed by atoms with van der Waals surface area (Å²) in [6.45, 7) is 0.0794. The molecule has 0 radical (unpaired) electrons. The number of aromatic nitrogens is 1. The summed E-state index contributed by atoms with van der Waals surface area (Å²) in [6, 6.07) is 18.9. The minimum absolute atomic E-state index is 0.0794. The fourth-order valence-corrected chi connectivity index (χ4v) is 4.56. The summed E-state index contributed by atoms with van der Waals surface area (Å²) in [5.41, 5.74) is -0.442. The van der Waals surface area contributed by atoms with Crippen LogP contribution in [-0.4, -0.2) is 14.8 Å². The van der Waals surface area contributed by atoms with Crippen LogP contribution >= 0.6 is 11.8 Å². The second-order valence-electron chi connectivity index (χ2n) is 7.41. The zero-order valence-corrected chi connectivity index (χ0v) is 17.8. The van der Waals surface area contributed by atoms with Gasteiger partial charge in [-0.1, -0.05) is 42.1 Å². The van der Waals surface area contributed by atoms with E-state index >= 15 is 0 Å². The number of phenolic OH excluding ortho intramolecular Hbond substituents is 1. The second kappa shape index (κ2) is 8.14. The monoisotopic (exact) mass is 461 g/mol. The molecule has 0 saturated heterocycles. The molecule has 2 aromatic heterocycles. The summed E-state index contributed by atoms with van der Waals surface area (Å²) in [5.74, 6) is -0.986. The Hall–Kier alpha value is -4.04. The van der Waals surface area contributed by atoms with E-state index in [1.807, 2.05) is 6.07 Å². The van der Waals surface area contributed by atoms with E-state index in [1.54, 1.807) is 36.4 Å². The molecule has 6 nitrogen and oxygen atoms in total. The van der Waals surface area contributed by atoms with Crippen molar-refractivity contribution in [1.82, 2.24) is 4.57 Å². The number of fused-ring (bicyclic) bond motifs is 3. The fourth-order valence-electron chi connectivity index (χ4n) is 3.71. The van der Waals surface area contributed by atoms with Crippen molar-refractivity contribution in [2.24, 2.45) is 0 Å². The van der Waals surface area contributed by atoms with Gasteiger partial charge in [0.05, 0.1) is 12.1 Å². The minimum Gasteiger partial charge on any atom is -0.508 e. The van der Waals surface area contributed by atoms with Gasteiger partial charge in [0.25, 0.3) is 5.56 Å². The molecule has 0 saturated carbocycles. The number of rotatable bonds is 4. The Kier molecular flexibility index (Phi) is 5.14. The van der Waals surface area contributed by atoms with Crippen molar-refractivity contribution in [1.29, 1.82) is 0 Å². The van der Waals surface area contributed by atoms with Crippen LogP contribution in [0.4, 0.5) is 4.39 Å². The second-order valence-corrected chi connectivity index (χ2v) is 8.49. The number of hydrogen-bond donors (Lipinski definition) is 2. The number of benzene rings is 3. The molecule has 0 fully saturated rings. The first-order chi connectivity index (χ1) is 15.9. The van der Waals surface area contributed by atoms with Gasteiger partial charge in [-0.15, -0.1) is 0 Å². The van der Waals surface area contributed by atoms with Crippen molar-refractivity contribution >= 4 is 33.6 Å². The molecule has 164 valence electrons. The summed E-state index contributed by atoms with van der Waals surface area (Å²) in [6.07, 6.45) is 0. The first-order valence-corrected chi connectivity index (χ1v) is 10.8. The Morgan fingerprint density at radius 3 is 2.39 bits per heavy atom. The van der Waals surface area contributed by atoms with Gasteiger partial charge in [0.15, 0.2) is 11.3 Å². The Balaban J connectivity index is 1.81. The topological polar surface area (TPSA) is 92.7 Å². The molecule has 0 amide bonds. The molecule has 2 N–H and O–H groups in total. The molecule has 5 rings (SSSR count). The molecule has 0 aliphatic carbocycles. The highest BCUT2D eigenvalue weighted by Gasteiger charge is 2.22. The first-order valence-electron chi connectivity index (χ1n) is 9.95. The van der Waals surface area contributed by atoms with Crippen LogP contribution in [0.25, 0.3) is 21.9 Å². The van der Waals surface area contributed by atoms with Crippen LogP contribution in [0.3, 0.4) is 0 Å². The van der Waals surface area contributed by atoms with Gasteiger partial charge in [0.2, 0.25) is 0 Å². The Morgan fingerprint density at radius 2 is 1.67 bits per heavy atom.